The molecule has 1 aromatic carbocycles. The van der Waals surface area contributed by atoms with Crippen LogP contribution in [0.1, 0.15) is 15.9 Å². The van der Waals surface area contributed by atoms with E-state index >= 15 is 0 Å². The molecule has 0 aliphatic carbocycles. The number of carbonyl (C=O) groups is 1. The molecule has 0 amide bonds. The highest BCUT2D eigenvalue weighted by Gasteiger charge is 2.33. The lowest BCUT2D eigenvalue weighted by Crippen LogP contribution is -2.07. The van der Waals surface area contributed by atoms with Crippen LogP contribution in [0.4, 0.5) is 13.2 Å². The third-order valence-corrected chi connectivity index (χ3v) is 2.46. The highest BCUT2D eigenvalue weighted by Crippen LogP contribution is 2.35. The predicted molar refractivity (Wildman–Crippen MR) is 53.3 cm³/mol. The second kappa shape index (κ2) is 3.37. The van der Waals surface area contributed by atoms with Gasteiger partial charge in [-0.2, -0.15) is 13.2 Å². The molecule has 84 valence electrons. The molecule has 0 aliphatic heterocycles. The molecular weight excluding hydrogens is 219 g/mol. The Kier molecular flexibility index (Phi) is 2.26. The maximum absolute atomic E-state index is 12.7. The van der Waals surface area contributed by atoms with Gasteiger partial charge in [-0.05, 0) is 6.07 Å². The van der Waals surface area contributed by atoms with Gasteiger partial charge in [-0.15, -0.1) is 0 Å². The fraction of sp³-hybridized carbons (Fsp3) is 0.182. The lowest BCUT2D eigenvalue weighted by Gasteiger charge is -2.09. The van der Waals surface area contributed by atoms with Crippen LogP contribution in [-0.4, -0.2) is 10.9 Å². The van der Waals surface area contributed by atoms with Crippen LogP contribution in [0.3, 0.4) is 0 Å². The fourth-order valence-electron chi connectivity index (χ4n) is 1.82. The number of rotatable bonds is 1. The van der Waals surface area contributed by atoms with E-state index in [0.29, 0.717) is 11.7 Å². The summed E-state index contributed by atoms with van der Waals surface area (Å²) in [5.74, 6) is 0. The molecule has 0 radical (unpaired) electrons. The number of carbonyl (C=O) groups excluding carboxylic acids is 1. The largest absolute Gasteiger partial charge is 0.418 e. The maximum Gasteiger partial charge on any atom is 0.418 e. The van der Waals surface area contributed by atoms with Gasteiger partial charge in [0.1, 0.15) is 0 Å². The van der Waals surface area contributed by atoms with Crippen LogP contribution in [0, 0.1) is 0 Å². The Morgan fingerprint density at radius 3 is 2.56 bits per heavy atom. The number of alkyl halides is 3. The number of halogens is 3. The Morgan fingerprint density at radius 1 is 1.31 bits per heavy atom. The quantitative estimate of drug-likeness (QED) is 0.686. The first-order chi connectivity index (χ1) is 7.45. The van der Waals surface area contributed by atoms with Gasteiger partial charge in [-0.1, -0.05) is 12.1 Å². The summed E-state index contributed by atoms with van der Waals surface area (Å²) in [6.07, 6.45) is -2.46. The summed E-state index contributed by atoms with van der Waals surface area (Å²) in [5.41, 5.74) is -0.415. The topological polar surface area (TPSA) is 22.0 Å². The van der Waals surface area contributed by atoms with Gasteiger partial charge in [-0.25, -0.2) is 0 Å². The van der Waals surface area contributed by atoms with E-state index in [-0.39, 0.29) is 11.1 Å². The van der Waals surface area contributed by atoms with E-state index in [4.69, 9.17) is 0 Å². The van der Waals surface area contributed by atoms with Crippen LogP contribution < -0.4 is 0 Å². The summed E-state index contributed by atoms with van der Waals surface area (Å²) in [7, 11) is 1.49. The first kappa shape index (κ1) is 10.7. The van der Waals surface area contributed by atoms with E-state index < -0.39 is 11.7 Å². The minimum absolute atomic E-state index is 0.0390. The van der Waals surface area contributed by atoms with Crippen LogP contribution >= 0.6 is 0 Å². The number of para-hydroxylation sites is 1. The first-order valence-electron chi connectivity index (χ1n) is 4.55. The van der Waals surface area contributed by atoms with Crippen molar-refractivity contribution in [3.63, 3.8) is 0 Å². The zero-order valence-electron chi connectivity index (χ0n) is 8.38. The third-order valence-electron chi connectivity index (χ3n) is 2.46. The SMILES string of the molecule is Cn1cc(C=O)c2cccc(C(F)(F)F)c21. The van der Waals surface area contributed by atoms with Crippen LogP contribution in [0.15, 0.2) is 24.4 Å². The van der Waals surface area contributed by atoms with Crippen molar-refractivity contribution in [1.82, 2.24) is 4.57 Å². The van der Waals surface area contributed by atoms with Crippen molar-refractivity contribution < 1.29 is 18.0 Å². The molecule has 16 heavy (non-hydrogen) atoms. The number of nitrogens with zero attached hydrogens (tertiary/aromatic N) is 1. The normalized spacial score (nSPS) is 12.0. The standard InChI is InChI=1S/C11H8F3NO/c1-15-5-7(6-16)8-3-2-4-9(10(8)15)11(12,13)14/h2-6H,1H3. The second-order valence-corrected chi connectivity index (χ2v) is 3.51. The molecule has 0 atom stereocenters. The monoisotopic (exact) mass is 227 g/mol. The molecule has 1 aromatic heterocycles. The Labute approximate surface area is 89.3 Å². The molecule has 0 bridgehead atoms. The van der Waals surface area contributed by atoms with Crippen molar-refractivity contribution in [3.05, 3.63) is 35.5 Å². The number of aromatic nitrogens is 1. The molecular formula is C11H8F3NO. The van der Waals surface area contributed by atoms with Gasteiger partial charge in [0.05, 0.1) is 11.1 Å². The summed E-state index contributed by atoms with van der Waals surface area (Å²) in [4.78, 5) is 10.7. The smallest absolute Gasteiger partial charge is 0.349 e. The summed E-state index contributed by atoms with van der Waals surface area (Å²) in [6, 6.07) is 3.82. The van der Waals surface area contributed by atoms with E-state index in [9.17, 15) is 18.0 Å². The van der Waals surface area contributed by atoms with Gasteiger partial charge in [0.25, 0.3) is 0 Å². The molecule has 0 fully saturated rings. The molecule has 0 unspecified atom stereocenters. The van der Waals surface area contributed by atoms with E-state index in [0.717, 1.165) is 6.07 Å². The van der Waals surface area contributed by atoms with E-state index in [1.807, 2.05) is 0 Å². The Bertz CT molecular complexity index is 554. The number of hydrogen-bond donors (Lipinski definition) is 0. The maximum atomic E-state index is 12.7. The van der Waals surface area contributed by atoms with Crippen LogP contribution in [-0.2, 0) is 13.2 Å². The zero-order valence-corrected chi connectivity index (χ0v) is 8.38. The zero-order chi connectivity index (χ0) is 11.9. The van der Waals surface area contributed by atoms with Gasteiger partial charge in [0.15, 0.2) is 6.29 Å². The van der Waals surface area contributed by atoms with E-state index in [1.165, 1.54) is 29.9 Å². The minimum Gasteiger partial charge on any atom is -0.349 e. The van der Waals surface area contributed by atoms with Crippen molar-refractivity contribution in [2.45, 2.75) is 6.18 Å². The number of aryl methyl sites for hydroxylation is 1. The van der Waals surface area contributed by atoms with Crippen molar-refractivity contribution >= 4 is 17.2 Å². The van der Waals surface area contributed by atoms with Gasteiger partial charge in [0, 0.05) is 24.2 Å². The Balaban J connectivity index is 2.88. The van der Waals surface area contributed by atoms with Crippen molar-refractivity contribution in [3.8, 4) is 0 Å². The summed E-state index contributed by atoms with van der Waals surface area (Å²) in [6.45, 7) is 0. The average molecular weight is 227 g/mol. The second-order valence-electron chi connectivity index (χ2n) is 3.51. The van der Waals surface area contributed by atoms with E-state index in [1.54, 1.807) is 0 Å². The van der Waals surface area contributed by atoms with Gasteiger partial charge < -0.3 is 4.57 Å². The lowest BCUT2D eigenvalue weighted by atomic mass is 10.1. The van der Waals surface area contributed by atoms with Crippen molar-refractivity contribution in [1.29, 1.82) is 0 Å². The van der Waals surface area contributed by atoms with Crippen LogP contribution in [0.5, 0.6) is 0 Å². The highest BCUT2D eigenvalue weighted by atomic mass is 19.4. The summed E-state index contributed by atoms with van der Waals surface area (Å²) in [5, 5.41) is 0.326. The minimum atomic E-state index is -4.41. The molecule has 0 saturated heterocycles. The number of aldehydes is 1. The number of fused-ring (bicyclic) bond motifs is 1. The number of benzene rings is 1. The third kappa shape index (κ3) is 1.48. The van der Waals surface area contributed by atoms with Gasteiger partial charge in [0.2, 0.25) is 0 Å². The highest BCUT2D eigenvalue weighted by molar-refractivity contribution is 5.99. The average Bonchev–Trinajstić information content (AvgIpc) is 2.54. The molecule has 1 heterocycles. The molecule has 0 N–H and O–H groups in total. The molecule has 2 nitrogen and oxygen atoms in total. The number of hydrogen-bond acceptors (Lipinski definition) is 1. The summed E-state index contributed by atoms with van der Waals surface area (Å²) >= 11 is 0. The Morgan fingerprint density at radius 2 is 2.00 bits per heavy atom. The Hall–Kier alpha value is -1.78. The molecule has 0 aliphatic rings. The van der Waals surface area contributed by atoms with Crippen LogP contribution in [0.2, 0.25) is 0 Å². The lowest BCUT2D eigenvalue weighted by molar-refractivity contribution is -0.136. The molecule has 0 spiro atoms. The molecule has 0 saturated carbocycles. The molecule has 5 heteroatoms. The van der Waals surface area contributed by atoms with Crippen LogP contribution in [0.25, 0.3) is 10.9 Å². The molecule has 2 aromatic rings. The predicted octanol–water partition coefficient (Wildman–Crippen LogP) is 3.01. The van der Waals surface area contributed by atoms with Crippen molar-refractivity contribution in [2.24, 2.45) is 7.05 Å². The van der Waals surface area contributed by atoms with Crippen molar-refractivity contribution in [2.75, 3.05) is 0 Å². The van der Waals surface area contributed by atoms with E-state index in [2.05, 4.69) is 0 Å². The fourth-order valence-corrected chi connectivity index (χ4v) is 1.82. The summed E-state index contributed by atoms with van der Waals surface area (Å²) < 4.78 is 39.4. The van der Waals surface area contributed by atoms with Gasteiger partial charge in [-0.3, -0.25) is 4.79 Å². The first-order valence-corrected chi connectivity index (χ1v) is 4.55. The van der Waals surface area contributed by atoms with Gasteiger partial charge >= 0.3 is 6.18 Å². The molecule has 2 rings (SSSR count).